The van der Waals surface area contributed by atoms with E-state index < -0.39 is 17.8 Å². The molecular formula is C11H12N2O5. The van der Waals surface area contributed by atoms with E-state index in [0.717, 1.165) is 0 Å². The molecule has 0 spiro atoms. The van der Waals surface area contributed by atoms with Crippen molar-refractivity contribution >= 4 is 23.7 Å². The lowest BCUT2D eigenvalue weighted by Crippen LogP contribution is -2.26. The number of carbonyl (C=O) groups is 3. The van der Waals surface area contributed by atoms with Crippen LogP contribution in [-0.4, -0.2) is 36.5 Å². The van der Waals surface area contributed by atoms with Crippen LogP contribution in [0.25, 0.3) is 0 Å². The Kier molecular flexibility index (Phi) is 4.79. The Hall–Kier alpha value is -2.44. The molecule has 1 heterocycles. The molecule has 96 valence electrons. The van der Waals surface area contributed by atoms with Crippen molar-refractivity contribution < 1.29 is 23.9 Å². The number of amides is 1. The third-order valence-electron chi connectivity index (χ3n) is 1.91. The van der Waals surface area contributed by atoms with Crippen molar-refractivity contribution in [2.45, 2.75) is 6.92 Å². The number of methoxy groups -OCH3 is 1. The number of rotatable bonds is 3. The first-order valence-corrected chi connectivity index (χ1v) is 5.11. The number of nitrogens with zero attached hydrogens (tertiary/aromatic N) is 1. The summed E-state index contributed by atoms with van der Waals surface area (Å²) in [6.07, 6.45) is 1.37. The number of nitrogens with one attached hydrogen (secondary N) is 1. The number of esters is 2. The summed E-state index contributed by atoms with van der Waals surface area (Å²) in [5, 5.41) is 2.18. The third kappa shape index (κ3) is 3.27. The molecule has 0 radical (unpaired) electrons. The van der Waals surface area contributed by atoms with E-state index in [-0.39, 0.29) is 18.0 Å². The molecule has 0 bridgehead atoms. The van der Waals surface area contributed by atoms with Crippen LogP contribution < -0.4 is 5.32 Å². The van der Waals surface area contributed by atoms with Gasteiger partial charge in [0.05, 0.1) is 13.7 Å². The first-order chi connectivity index (χ1) is 8.60. The van der Waals surface area contributed by atoms with Gasteiger partial charge in [-0.15, -0.1) is 0 Å². The predicted octanol–water partition coefficient (Wildman–Crippen LogP) is 0.370. The zero-order chi connectivity index (χ0) is 13.5. The Morgan fingerprint density at radius 2 is 2.11 bits per heavy atom. The molecule has 0 aliphatic carbocycles. The Balaban J connectivity index is 2.88. The molecule has 7 heteroatoms. The fourth-order valence-electron chi connectivity index (χ4n) is 1.13. The van der Waals surface area contributed by atoms with Gasteiger partial charge >= 0.3 is 17.8 Å². The second-order valence-corrected chi connectivity index (χ2v) is 3.07. The van der Waals surface area contributed by atoms with E-state index in [1.807, 2.05) is 0 Å². The molecule has 0 atom stereocenters. The standard InChI is InChI=1S/C11H12N2O5/c1-3-18-11(16)9(14)13-8-7(10(15)17-2)5-4-6-12-8/h4-6H,3H2,1-2H3,(H,12,13,14). The van der Waals surface area contributed by atoms with E-state index in [4.69, 9.17) is 0 Å². The smallest absolute Gasteiger partial charge is 0.397 e. The van der Waals surface area contributed by atoms with Gasteiger partial charge in [-0.2, -0.15) is 0 Å². The molecule has 0 saturated carbocycles. The SMILES string of the molecule is CCOC(=O)C(=O)Nc1ncccc1C(=O)OC. The highest BCUT2D eigenvalue weighted by Gasteiger charge is 2.19. The van der Waals surface area contributed by atoms with Crippen molar-refractivity contribution in [2.75, 3.05) is 19.0 Å². The number of hydrogen-bond acceptors (Lipinski definition) is 6. The van der Waals surface area contributed by atoms with Crippen LogP contribution in [0.2, 0.25) is 0 Å². The van der Waals surface area contributed by atoms with E-state index in [1.54, 1.807) is 6.92 Å². The second kappa shape index (κ2) is 6.33. The molecule has 0 unspecified atom stereocenters. The topological polar surface area (TPSA) is 94.6 Å². The van der Waals surface area contributed by atoms with Crippen LogP contribution in [0.1, 0.15) is 17.3 Å². The number of anilines is 1. The summed E-state index contributed by atoms with van der Waals surface area (Å²) in [5.74, 6) is -2.76. The van der Waals surface area contributed by atoms with Crippen LogP contribution in [-0.2, 0) is 19.1 Å². The Morgan fingerprint density at radius 3 is 2.72 bits per heavy atom. The minimum absolute atomic E-state index is 0.0533. The van der Waals surface area contributed by atoms with Crippen molar-refractivity contribution in [3.63, 3.8) is 0 Å². The second-order valence-electron chi connectivity index (χ2n) is 3.07. The molecule has 0 aromatic carbocycles. The van der Waals surface area contributed by atoms with Gasteiger partial charge in [-0.25, -0.2) is 14.6 Å². The van der Waals surface area contributed by atoms with Crippen LogP contribution in [0.4, 0.5) is 5.82 Å². The third-order valence-corrected chi connectivity index (χ3v) is 1.91. The summed E-state index contributed by atoms with van der Waals surface area (Å²) in [7, 11) is 1.20. The van der Waals surface area contributed by atoms with E-state index in [0.29, 0.717) is 0 Å². The molecule has 7 nitrogen and oxygen atoms in total. The number of aromatic nitrogens is 1. The van der Waals surface area contributed by atoms with Gasteiger partial charge < -0.3 is 14.8 Å². The monoisotopic (exact) mass is 252 g/mol. The van der Waals surface area contributed by atoms with Crippen molar-refractivity contribution in [1.29, 1.82) is 0 Å². The van der Waals surface area contributed by atoms with Gasteiger partial charge in [0.1, 0.15) is 11.4 Å². The number of pyridine rings is 1. The maximum atomic E-state index is 11.4. The van der Waals surface area contributed by atoms with Gasteiger partial charge in [0, 0.05) is 6.20 Å². The molecule has 0 aliphatic heterocycles. The van der Waals surface area contributed by atoms with Crippen LogP contribution in [0, 0.1) is 0 Å². The average molecular weight is 252 g/mol. The first kappa shape index (κ1) is 13.6. The fourth-order valence-corrected chi connectivity index (χ4v) is 1.13. The van der Waals surface area contributed by atoms with Gasteiger partial charge in [0.15, 0.2) is 0 Å². The van der Waals surface area contributed by atoms with Crippen molar-refractivity contribution in [1.82, 2.24) is 4.98 Å². The lowest BCUT2D eigenvalue weighted by atomic mass is 10.2. The van der Waals surface area contributed by atoms with E-state index in [2.05, 4.69) is 19.8 Å². The first-order valence-electron chi connectivity index (χ1n) is 5.11. The predicted molar refractivity (Wildman–Crippen MR) is 60.8 cm³/mol. The molecule has 0 aliphatic rings. The lowest BCUT2D eigenvalue weighted by Gasteiger charge is -2.07. The highest BCUT2D eigenvalue weighted by atomic mass is 16.5. The Morgan fingerprint density at radius 1 is 1.39 bits per heavy atom. The summed E-state index contributed by atoms with van der Waals surface area (Å²) in [5.41, 5.74) is 0.0534. The van der Waals surface area contributed by atoms with E-state index in [1.165, 1.54) is 25.4 Å². The zero-order valence-electron chi connectivity index (χ0n) is 9.93. The normalized spacial score (nSPS) is 9.44. The molecule has 0 fully saturated rings. The summed E-state index contributed by atoms with van der Waals surface area (Å²) in [4.78, 5) is 37.7. The maximum Gasteiger partial charge on any atom is 0.397 e. The lowest BCUT2D eigenvalue weighted by molar-refractivity contribution is -0.152. The molecule has 0 saturated heterocycles. The van der Waals surface area contributed by atoms with Crippen molar-refractivity contribution in [3.8, 4) is 0 Å². The van der Waals surface area contributed by atoms with E-state index in [9.17, 15) is 14.4 Å². The summed E-state index contributed by atoms with van der Waals surface area (Å²) >= 11 is 0. The molecular weight excluding hydrogens is 240 g/mol. The van der Waals surface area contributed by atoms with Gasteiger partial charge in [-0.1, -0.05) is 0 Å². The molecule has 1 aromatic rings. The number of hydrogen-bond donors (Lipinski definition) is 1. The summed E-state index contributed by atoms with van der Waals surface area (Å²) in [6.45, 7) is 1.66. The van der Waals surface area contributed by atoms with Crippen LogP contribution >= 0.6 is 0 Å². The highest BCUT2D eigenvalue weighted by molar-refractivity contribution is 6.37. The van der Waals surface area contributed by atoms with Crippen LogP contribution in [0.3, 0.4) is 0 Å². The summed E-state index contributed by atoms with van der Waals surface area (Å²) < 4.78 is 9.03. The van der Waals surface area contributed by atoms with Gasteiger partial charge in [0.25, 0.3) is 0 Å². The van der Waals surface area contributed by atoms with Crippen LogP contribution in [0.15, 0.2) is 18.3 Å². The highest BCUT2D eigenvalue weighted by Crippen LogP contribution is 2.12. The molecule has 1 amide bonds. The Labute approximate surface area is 103 Å². The quantitative estimate of drug-likeness (QED) is 0.617. The average Bonchev–Trinajstić information content (AvgIpc) is 2.38. The van der Waals surface area contributed by atoms with Gasteiger partial charge in [-0.3, -0.25) is 4.79 Å². The summed E-state index contributed by atoms with van der Waals surface area (Å²) in [6, 6.07) is 2.92. The minimum Gasteiger partial charge on any atom is -0.465 e. The van der Waals surface area contributed by atoms with Crippen molar-refractivity contribution in [3.05, 3.63) is 23.9 Å². The maximum absolute atomic E-state index is 11.4. The molecule has 1 rings (SSSR count). The molecule has 18 heavy (non-hydrogen) atoms. The molecule has 1 aromatic heterocycles. The number of carbonyl (C=O) groups excluding carboxylic acids is 3. The van der Waals surface area contributed by atoms with Crippen molar-refractivity contribution in [2.24, 2.45) is 0 Å². The van der Waals surface area contributed by atoms with Gasteiger partial charge in [-0.05, 0) is 19.1 Å². The number of ether oxygens (including phenoxy) is 2. The van der Waals surface area contributed by atoms with E-state index >= 15 is 0 Å². The Bertz CT molecular complexity index is 472. The van der Waals surface area contributed by atoms with Crippen LogP contribution in [0.5, 0.6) is 0 Å². The van der Waals surface area contributed by atoms with Gasteiger partial charge in [0.2, 0.25) is 0 Å². The zero-order valence-corrected chi connectivity index (χ0v) is 9.93. The molecule has 1 N–H and O–H groups in total. The fraction of sp³-hybridized carbons (Fsp3) is 0.273. The largest absolute Gasteiger partial charge is 0.465 e. The minimum atomic E-state index is -1.04.